The predicted octanol–water partition coefficient (Wildman–Crippen LogP) is 2.97. The van der Waals surface area contributed by atoms with E-state index in [0.29, 0.717) is 23.7 Å². The van der Waals surface area contributed by atoms with E-state index in [-0.39, 0.29) is 6.03 Å². The number of methoxy groups -OCH3 is 2. The maximum atomic E-state index is 12.3. The van der Waals surface area contributed by atoms with Gasteiger partial charge in [-0.2, -0.15) is 11.8 Å². The van der Waals surface area contributed by atoms with Crippen molar-refractivity contribution in [1.29, 1.82) is 0 Å². The van der Waals surface area contributed by atoms with Crippen LogP contribution >= 0.6 is 11.8 Å². The third kappa shape index (κ3) is 5.19. The first-order valence-electron chi connectivity index (χ1n) is 8.74. The summed E-state index contributed by atoms with van der Waals surface area (Å²) >= 11 is 1.96. The van der Waals surface area contributed by atoms with E-state index in [4.69, 9.17) is 9.47 Å². The monoisotopic (exact) mass is 388 g/mol. The summed E-state index contributed by atoms with van der Waals surface area (Å²) in [6, 6.07) is 8.88. The van der Waals surface area contributed by atoms with Gasteiger partial charge in [-0.05, 0) is 29.8 Å². The third-order valence-electron chi connectivity index (χ3n) is 4.25. The second-order valence-corrected chi connectivity index (χ2v) is 7.22. The van der Waals surface area contributed by atoms with Gasteiger partial charge in [0, 0.05) is 43.4 Å². The van der Waals surface area contributed by atoms with Crippen molar-refractivity contribution in [2.24, 2.45) is 0 Å². The van der Waals surface area contributed by atoms with Crippen LogP contribution in [0.15, 0.2) is 36.5 Å². The van der Waals surface area contributed by atoms with Gasteiger partial charge in [-0.15, -0.1) is 0 Å². The summed E-state index contributed by atoms with van der Waals surface area (Å²) in [6.07, 6.45) is 1.79. The zero-order valence-corrected chi connectivity index (χ0v) is 16.3. The molecule has 2 N–H and O–H groups in total. The van der Waals surface area contributed by atoms with Crippen molar-refractivity contribution in [2.45, 2.75) is 6.54 Å². The van der Waals surface area contributed by atoms with E-state index >= 15 is 0 Å². The molecule has 0 aliphatic carbocycles. The van der Waals surface area contributed by atoms with Crippen LogP contribution in [0.5, 0.6) is 11.5 Å². The van der Waals surface area contributed by atoms with E-state index in [1.807, 2.05) is 23.9 Å². The van der Waals surface area contributed by atoms with Gasteiger partial charge in [-0.3, -0.25) is 0 Å². The summed E-state index contributed by atoms with van der Waals surface area (Å²) in [6.45, 7) is 2.43. The molecule has 8 heteroatoms. The second kappa shape index (κ2) is 9.36. The molecule has 0 spiro atoms. The Morgan fingerprint density at radius 3 is 2.74 bits per heavy atom. The molecular weight excluding hydrogens is 364 g/mol. The van der Waals surface area contributed by atoms with Gasteiger partial charge in [0.2, 0.25) is 0 Å². The molecule has 2 amide bonds. The Kier molecular flexibility index (Phi) is 6.64. The lowest BCUT2D eigenvalue weighted by Gasteiger charge is -2.27. The summed E-state index contributed by atoms with van der Waals surface area (Å²) in [5.74, 6) is 4.41. The average Bonchev–Trinajstić information content (AvgIpc) is 2.73. The quantitative estimate of drug-likeness (QED) is 0.792. The maximum absolute atomic E-state index is 12.3. The molecule has 2 aromatic rings. The first kappa shape index (κ1) is 19.2. The van der Waals surface area contributed by atoms with Gasteiger partial charge in [-0.25, -0.2) is 9.78 Å². The molecule has 1 fully saturated rings. The number of hydrogen-bond acceptors (Lipinski definition) is 6. The number of anilines is 2. The van der Waals surface area contributed by atoms with Gasteiger partial charge >= 0.3 is 6.03 Å². The zero-order valence-electron chi connectivity index (χ0n) is 15.5. The fourth-order valence-electron chi connectivity index (χ4n) is 2.79. The van der Waals surface area contributed by atoms with Gasteiger partial charge in [0.05, 0.1) is 19.9 Å². The van der Waals surface area contributed by atoms with Crippen molar-refractivity contribution in [3.8, 4) is 11.5 Å². The summed E-state index contributed by atoms with van der Waals surface area (Å²) in [7, 11) is 3.13. The Balaban J connectivity index is 1.58. The predicted molar refractivity (Wildman–Crippen MR) is 109 cm³/mol. The minimum Gasteiger partial charge on any atom is -0.497 e. The number of ether oxygens (including phenoxy) is 2. The Bertz CT molecular complexity index is 781. The van der Waals surface area contributed by atoms with E-state index in [9.17, 15) is 4.79 Å². The highest BCUT2D eigenvalue weighted by atomic mass is 32.2. The second-order valence-electron chi connectivity index (χ2n) is 6.00. The molecule has 0 atom stereocenters. The molecular formula is C19H24N4O3S. The van der Waals surface area contributed by atoms with Crippen LogP contribution < -0.4 is 25.0 Å². The van der Waals surface area contributed by atoms with E-state index in [0.717, 1.165) is 36.0 Å². The van der Waals surface area contributed by atoms with Crippen molar-refractivity contribution >= 4 is 29.3 Å². The highest BCUT2D eigenvalue weighted by molar-refractivity contribution is 7.99. The van der Waals surface area contributed by atoms with E-state index < -0.39 is 0 Å². The average molecular weight is 388 g/mol. The van der Waals surface area contributed by atoms with Crippen molar-refractivity contribution in [1.82, 2.24) is 10.3 Å². The van der Waals surface area contributed by atoms with Crippen LogP contribution in [0.1, 0.15) is 5.56 Å². The van der Waals surface area contributed by atoms with E-state index in [2.05, 4.69) is 20.5 Å². The lowest BCUT2D eigenvalue weighted by atomic mass is 10.2. The molecule has 1 aliphatic heterocycles. The summed E-state index contributed by atoms with van der Waals surface area (Å²) in [5, 5.41) is 5.67. The fraction of sp³-hybridized carbons (Fsp3) is 0.368. The normalized spacial score (nSPS) is 13.8. The molecule has 1 aromatic heterocycles. The van der Waals surface area contributed by atoms with Gasteiger partial charge in [0.25, 0.3) is 0 Å². The standard InChI is InChI=1S/C19H24N4O3S/c1-25-15-3-4-16(17(12-15)26-2)22-19(24)21-13-14-5-6-20-18(11-14)23-7-9-27-10-8-23/h3-6,11-12H,7-10,13H2,1-2H3,(H2,21,22,24). The van der Waals surface area contributed by atoms with Crippen molar-refractivity contribution in [3.05, 3.63) is 42.1 Å². The molecule has 144 valence electrons. The van der Waals surface area contributed by atoms with Crippen LogP contribution in [-0.2, 0) is 6.54 Å². The van der Waals surface area contributed by atoms with E-state index in [1.165, 1.54) is 0 Å². The van der Waals surface area contributed by atoms with Crippen LogP contribution in [-0.4, -0.2) is 49.8 Å². The number of benzene rings is 1. The molecule has 0 bridgehead atoms. The molecule has 2 heterocycles. The highest BCUT2D eigenvalue weighted by Crippen LogP contribution is 2.28. The number of carbonyl (C=O) groups excluding carboxylic acids is 1. The van der Waals surface area contributed by atoms with Gasteiger partial charge < -0.3 is 25.0 Å². The lowest BCUT2D eigenvalue weighted by molar-refractivity contribution is 0.251. The van der Waals surface area contributed by atoms with Crippen molar-refractivity contribution in [3.63, 3.8) is 0 Å². The number of carbonyl (C=O) groups is 1. The molecule has 0 unspecified atom stereocenters. The van der Waals surface area contributed by atoms with Crippen molar-refractivity contribution in [2.75, 3.05) is 49.0 Å². The number of thioether (sulfide) groups is 1. The number of rotatable bonds is 6. The number of nitrogens with zero attached hydrogens (tertiary/aromatic N) is 2. The molecule has 1 aromatic carbocycles. The fourth-order valence-corrected chi connectivity index (χ4v) is 3.69. The smallest absolute Gasteiger partial charge is 0.319 e. The van der Waals surface area contributed by atoms with Gasteiger partial charge in [0.15, 0.2) is 0 Å². The minimum atomic E-state index is -0.300. The summed E-state index contributed by atoms with van der Waals surface area (Å²) in [4.78, 5) is 19.0. The Morgan fingerprint density at radius 2 is 2.00 bits per heavy atom. The lowest BCUT2D eigenvalue weighted by Crippen LogP contribution is -2.33. The van der Waals surface area contributed by atoms with Crippen LogP contribution in [0.4, 0.5) is 16.3 Å². The number of urea groups is 1. The molecule has 3 rings (SSSR count). The highest BCUT2D eigenvalue weighted by Gasteiger charge is 2.13. The van der Waals surface area contributed by atoms with Crippen LogP contribution in [0.3, 0.4) is 0 Å². The molecule has 1 aliphatic rings. The number of aromatic nitrogens is 1. The summed E-state index contributed by atoms with van der Waals surface area (Å²) in [5.41, 5.74) is 1.59. The first-order valence-corrected chi connectivity index (χ1v) is 9.89. The van der Waals surface area contributed by atoms with Gasteiger partial charge in [-0.1, -0.05) is 0 Å². The Labute approximate surface area is 163 Å². The van der Waals surface area contributed by atoms with Crippen LogP contribution in [0.25, 0.3) is 0 Å². The van der Waals surface area contributed by atoms with Gasteiger partial charge in [0.1, 0.15) is 17.3 Å². The maximum Gasteiger partial charge on any atom is 0.319 e. The Morgan fingerprint density at radius 1 is 1.19 bits per heavy atom. The van der Waals surface area contributed by atoms with Crippen molar-refractivity contribution < 1.29 is 14.3 Å². The van der Waals surface area contributed by atoms with E-state index in [1.54, 1.807) is 38.6 Å². The SMILES string of the molecule is COc1ccc(NC(=O)NCc2ccnc(N3CCSCC3)c2)c(OC)c1. The number of amides is 2. The largest absolute Gasteiger partial charge is 0.497 e. The molecule has 7 nitrogen and oxygen atoms in total. The first-order chi connectivity index (χ1) is 13.2. The zero-order chi connectivity index (χ0) is 19.1. The molecule has 1 saturated heterocycles. The molecule has 0 radical (unpaired) electrons. The Hall–Kier alpha value is -2.61. The minimum absolute atomic E-state index is 0.300. The number of nitrogens with one attached hydrogen (secondary N) is 2. The molecule has 27 heavy (non-hydrogen) atoms. The summed E-state index contributed by atoms with van der Waals surface area (Å²) < 4.78 is 10.5. The third-order valence-corrected chi connectivity index (χ3v) is 5.20. The molecule has 0 saturated carbocycles. The van der Waals surface area contributed by atoms with Crippen LogP contribution in [0, 0.1) is 0 Å². The van der Waals surface area contributed by atoms with Crippen LogP contribution in [0.2, 0.25) is 0 Å². The number of hydrogen-bond donors (Lipinski definition) is 2. The number of pyridine rings is 1. The topological polar surface area (TPSA) is 75.7 Å².